The molecule has 0 spiro atoms. The van der Waals surface area contributed by atoms with Crippen LogP contribution in [0, 0.1) is 5.41 Å². The maximum Gasteiger partial charge on any atom is 0.491 e. The molecular formula is C21H18ClF3N6O5S2. The maximum atomic E-state index is 13.0. The van der Waals surface area contributed by atoms with E-state index >= 15 is 0 Å². The minimum Gasteiger partial charge on any atom is -0.419 e. The largest absolute Gasteiger partial charge is 0.491 e. The van der Waals surface area contributed by atoms with E-state index in [0.717, 1.165) is 22.3 Å². The van der Waals surface area contributed by atoms with Gasteiger partial charge in [-0.1, -0.05) is 11.6 Å². The smallest absolute Gasteiger partial charge is 0.419 e. The zero-order valence-electron chi connectivity index (χ0n) is 19.0. The summed E-state index contributed by atoms with van der Waals surface area (Å²) in [6, 6.07) is 5.60. The number of anilines is 1. The molecule has 6 N–H and O–H groups in total. The number of nitrogens with one attached hydrogen (secondary N) is 2. The first kappa shape index (κ1) is 27.6. The predicted octanol–water partition coefficient (Wildman–Crippen LogP) is 2.36. The van der Waals surface area contributed by atoms with Gasteiger partial charge in [0, 0.05) is 17.8 Å². The molecule has 1 atom stereocenters. The molecular weight excluding hydrogens is 573 g/mol. The number of hydrogen-bond donors (Lipinski definition) is 4. The summed E-state index contributed by atoms with van der Waals surface area (Å²) in [7, 11) is -4.14. The van der Waals surface area contributed by atoms with Gasteiger partial charge in [-0.15, -0.1) is 11.3 Å². The van der Waals surface area contributed by atoms with E-state index in [-0.39, 0.29) is 39.1 Å². The van der Waals surface area contributed by atoms with Gasteiger partial charge in [-0.25, -0.2) is 18.2 Å². The topological polar surface area (TPSA) is 182 Å². The summed E-state index contributed by atoms with van der Waals surface area (Å²) in [4.78, 5) is 29.8. The summed E-state index contributed by atoms with van der Waals surface area (Å²) in [6.45, 7) is -0.429. The summed E-state index contributed by atoms with van der Waals surface area (Å²) in [6.07, 6.45) is -5.31. The van der Waals surface area contributed by atoms with E-state index in [4.69, 9.17) is 28.5 Å². The average Bonchev–Trinajstić information content (AvgIpc) is 3.39. The number of likely N-dealkylation sites (tertiary alicyclic amines) is 1. The quantitative estimate of drug-likeness (QED) is 0.0807. The SMILES string of the molecule is N=C(N)c1ccc(N)c(CN2CC[C@H](NS(=O)(=O)c3cc4nc(Cl)ccc4s3)C2=O)c1OC(=O)C(F)(F)F. The molecule has 2 aromatic heterocycles. The Morgan fingerprint density at radius 2 is 2.03 bits per heavy atom. The lowest BCUT2D eigenvalue weighted by atomic mass is 10.0. The lowest BCUT2D eigenvalue weighted by Crippen LogP contribution is -2.41. The summed E-state index contributed by atoms with van der Waals surface area (Å²) >= 11 is 6.78. The highest BCUT2D eigenvalue weighted by Crippen LogP contribution is 2.34. The molecule has 1 saturated heterocycles. The van der Waals surface area contributed by atoms with Crippen molar-refractivity contribution >= 4 is 66.6 Å². The van der Waals surface area contributed by atoms with Crippen molar-refractivity contribution in [3.8, 4) is 5.75 Å². The van der Waals surface area contributed by atoms with Crippen LogP contribution in [0.5, 0.6) is 5.75 Å². The number of hydrogen-bond acceptors (Lipinski definition) is 9. The van der Waals surface area contributed by atoms with Gasteiger partial charge in [0.1, 0.15) is 27.0 Å². The number of nitrogens with two attached hydrogens (primary N) is 2. The number of ether oxygens (including phenoxy) is 1. The summed E-state index contributed by atoms with van der Waals surface area (Å²) < 4.78 is 71.8. The van der Waals surface area contributed by atoms with Crippen molar-refractivity contribution in [3.63, 3.8) is 0 Å². The number of esters is 1. The monoisotopic (exact) mass is 590 g/mol. The minimum atomic E-state index is -5.35. The molecule has 1 aromatic carbocycles. The molecule has 1 fully saturated rings. The molecule has 1 aliphatic heterocycles. The molecule has 17 heteroatoms. The van der Waals surface area contributed by atoms with Crippen molar-refractivity contribution < 1.29 is 35.9 Å². The van der Waals surface area contributed by atoms with Crippen LogP contribution in [-0.2, 0) is 26.2 Å². The highest BCUT2D eigenvalue weighted by atomic mass is 35.5. The number of aromatic nitrogens is 1. The third kappa shape index (κ3) is 5.52. The zero-order valence-corrected chi connectivity index (χ0v) is 21.4. The van der Waals surface area contributed by atoms with Gasteiger partial charge in [0.15, 0.2) is 0 Å². The molecule has 0 aliphatic carbocycles. The van der Waals surface area contributed by atoms with Crippen molar-refractivity contribution in [2.75, 3.05) is 12.3 Å². The zero-order chi connectivity index (χ0) is 28.0. The Kier molecular flexibility index (Phi) is 7.26. The van der Waals surface area contributed by atoms with E-state index in [1.165, 1.54) is 18.2 Å². The first-order chi connectivity index (χ1) is 17.7. The number of alkyl halides is 3. The number of rotatable bonds is 7. The van der Waals surface area contributed by atoms with Crippen molar-refractivity contribution in [1.29, 1.82) is 5.41 Å². The van der Waals surface area contributed by atoms with Crippen molar-refractivity contribution in [1.82, 2.24) is 14.6 Å². The average molecular weight is 591 g/mol. The molecule has 11 nitrogen and oxygen atoms in total. The van der Waals surface area contributed by atoms with Gasteiger partial charge in [0.05, 0.1) is 22.3 Å². The molecule has 0 unspecified atom stereocenters. The predicted molar refractivity (Wildman–Crippen MR) is 132 cm³/mol. The van der Waals surface area contributed by atoms with Gasteiger partial charge in [-0.3, -0.25) is 10.2 Å². The number of carbonyl (C=O) groups excluding carboxylic acids is 2. The Labute approximate surface area is 222 Å². The second kappa shape index (κ2) is 10.0. The van der Waals surface area contributed by atoms with Crippen LogP contribution in [0.1, 0.15) is 17.5 Å². The first-order valence-electron chi connectivity index (χ1n) is 10.6. The number of benzene rings is 1. The minimum absolute atomic E-state index is 0.00595. The van der Waals surface area contributed by atoms with Gasteiger partial charge < -0.3 is 21.1 Å². The van der Waals surface area contributed by atoms with Crippen LogP contribution in [0.4, 0.5) is 18.9 Å². The Balaban J connectivity index is 1.57. The van der Waals surface area contributed by atoms with Crippen LogP contribution in [-0.4, -0.2) is 54.8 Å². The third-order valence-corrected chi connectivity index (χ3v) is 8.78. The molecule has 202 valence electrons. The van der Waals surface area contributed by atoms with Gasteiger partial charge in [0.2, 0.25) is 5.91 Å². The number of nitrogen functional groups attached to an aromatic ring is 2. The number of pyridine rings is 1. The molecule has 38 heavy (non-hydrogen) atoms. The van der Waals surface area contributed by atoms with Crippen LogP contribution in [0.25, 0.3) is 10.2 Å². The van der Waals surface area contributed by atoms with E-state index < -0.39 is 52.2 Å². The Morgan fingerprint density at radius 1 is 1.32 bits per heavy atom. The van der Waals surface area contributed by atoms with E-state index in [9.17, 15) is 31.2 Å². The van der Waals surface area contributed by atoms with Crippen LogP contribution in [0.3, 0.4) is 0 Å². The summed E-state index contributed by atoms with van der Waals surface area (Å²) in [5.74, 6) is -4.66. The van der Waals surface area contributed by atoms with E-state index in [0.29, 0.717) is 10.2 Å². The van der Waals surface area contributed by atoms with Crippen LogP contribution in [0.2, 0.25) is 5.15 Å². The number of carbonyl (C=O) groups is 2. The second-order valence-electron chi connectivity index (χ2n) is 8.12. The first-order valence-corrected chi connectivity index (χ1v) is 13.3. The van der Waals surface area contributed by atoms with Crippen LogP contribution < -0.4 is 20.9 Å². The Hall–Kier alpha value is -3.47. The Morgan fingerprint density at radius 3 is 2.68 bits per heavy atom. The molecule has 0 radical (unpaired) electrons. The molecule has 3 aromatic rings. The number of sulfonamides is 1. The van der Waals surface area contributed by atoms with Gasteiger partial charge in [0.25, 0.3) is 10.0 Å². The molecule has 1 amide bonds. The molecule has 0 bridgehead atoms. The lowest BCUT2D eigenvalue weighted by molar-refractivity contribution is -0.189. The fourth-order valence-electron chi connectivity index (χ4n) is 3.74. The fourth-order valence-corrected chi connectivity index (χ4v) is 6.45. The fraction of sp³-hybridized carbons (Fsp3) is 0.238. The van der Waals surface area contributed by atoms with Gasteiger partial charge in [-0.05, 0) is 36.8 Å². The van der Waals surface area contributed by atoms with Crippen molar-refractivity contribution in [3.05, 3.63) is 46.6 Å². The summed E-state index contributed by atoms with van der Waals surface area (Å²) in [5.41, 5.74) is 11.0. The van der Waals surface area contributed by atoms with E-state index in [2.05, 4.69) is 14.4 Å². The Bertz CT molecular complexity index is 1580. The molecule has 1 aliphatic rings. The third-order valence-electron chi connectivity index (χ3n) is 5.54. The number of fused-ring (bicyclic) bond motifs is 1. The normalized spacial score (nSPS) is 16.3. The van der Waals surface area contributed by atoms with Crippen molar-refractivity contribution in [2.45, 2.75) is 29.4 Å². The highest BCUT2D eigenvalue weighted by Gasteiger charge is 2.43. The van der Waals surface area contributed by atoms with Gasteiger partial charge in [-0.2, -0.15) is 17.9 Å². The van der Waals surface area contributed by atoms with Crippen LogP contribution in [0.15, 0.2) is 34.5 Å². The molecule has 3 heterocycles. The standard InChI is InChI=1S/C21H18ClF3N6O5S2/c22-15-4-3-14-13(29-15)7-16(37-14)38(34,35)30-12-5-6-31(19(12)32)8-10-11(26)2-1-9(18(27)28)17(10)36-20(33)21(23,24)25/h1-4,7,12,30H,5-6,8,26H2,(H3,27,28)/t12-/m0/s1. The van der Waals surface area contributed by atoms with Crippen LogP contribution >= 0.6 is 22.9 Å². The second-order valence-corrected chi connectivity index (χ2v) is 11.5. The van der Waals surface area contributed by atoms with Gasteiger partial charge >= 0.3 is 12.1 Å². The maximum absolute atomic E-state index is 13.0. The summed E-state index contributed by atoms with van der Waals surface area (Å²) in [5, 5.41) is 7.81. The highest BCUT2D eigenvalue weighted by molar-refractivity contribution is 7.91. The number of amides is 1. The lowest BCUT2D eigenvalue weighted by Gasteiger charge is -2.22. The number of halogens is 4. The number of thiophene rings is 1. The molecule has 0 saturated carbocycles. The van der Waals surface area contributed by atoms with Crippen molar-refractivity contribution in [2.24, 2.45) is 5.73 Å². The molecule has 4 rings (SSSR count). The number of amidine groups is 1. The number of nitrogens with zero attached hydrogens (tertiary/aromatic N) is 2. The van der Waals surface area contributed by atoms with E-state index in [1.807, 2.05) is 0 Å². The van der Waals surface area contributed by atoms with E-state index in [1.54, 1.807) is 6.07 Å².